The summed E-state index contributed by atoms with van der Waals surface area (Å²) >= 11 is 1.25. The molecular formula is C11H9NO2S. The molecule has 0 radical (unpaired) electrons. The molecule has 2 aromatic rings. The van der Waals surface area contributed by atoms with Crippen molar-refractivity contribution in [2.75, 3.05) is 0 Å². The quantitative estimate of drug-likeness (QED) is 0.844. The van der Waals surface area contributed by atoms with E-state index in [1.54, 1.807) is 6.07 Å². The number of fused-ring (bicyclic) bond motifs is 1. The Bertz CT molecular complexity index is 543. The second-order valence-corrected chi connectivity index (χ2v) is 4.85. The number of aromatic nitrogens is 1. The zero-order valence-electron chi connectivity index (χ0n) is 7.93. The molecule has 3 nitrogen and oxygen atoms in total. The number of thiophene rings is 1. The molecule has 2 heterocycles. The second kappa shape index (κ2) is 3.03. The highest BCUT2D eigenvalue weighted by atomic mass is 32.1. The van der Waals surface area contributed by atoms with Crippen LogP contribution < -0.4 is 0 Å². The van der Waals surface area contributed by atoms with Crippen LogP contribution in [0.15, 0.2) is 18.2 Å². The maximum absolute atomic E-state index is 10.8. The molecule has 2 aromatic heterocycles. The fourth-order valence-corrected chi connectivity index (χ4v) is 2.52. The van der Waals surface area contributed by atoms with Crippen molar-refractivity contribution in [1.29, 1.82) is 0 Å². The molecule has 0 amide bonds. The Morgan fingerprint density at radius 2 is 2.27 bits per heavy atom. The minimum absolute atomic E-state index is 0.366. The lowest BCUT2D eigenvalue weighted by Crippen LogP contribution is -1.89. The molecule has 3 rings (SSSR count). The number of rotatable bonds is 2. The number of aromatic carboxylic acids is 1. The number of carboxylic acids is 1. The van der Waals surface area contributed by atoms with Crippen molar-refractivity contribution in [1.82, 2.24) is 4.98 Å². The van der Waals surface area contributed by atoms with E-state index >= 15 is 0 Å². The van der Waals surface area contributed by atoms with Crippen LogP contribution in [0.4, 0.5) is 0 Å². The van der Waals surface area contributed by atoms with Gasteiger partial charge in [-0.05, 0) is 25.0 Å². The van der Waals surface area contributed by atoms with Gasteiger partial charge in [-0.1, -0.05) is 6.07 Å². The molecule has 1 fully saturated rings. The lowest BCUT2D eigenvalue weighted by molar-refractivity contribution is 0.0702. The van der Waals surface area contributed by atoms with E-state index in [4.69, 9.17) is 5.11 Å². The summed E-state index contributed by atoms with van der Waals surface area (Å²) in [5.74, 6) is -0.254. The molecule has 0 saturated heterocycles. The SMILES string of the molecule is O=C(O)c1cc2ccc(C3CC3)nc2s1. The molecule has 15 heavy (non-hydrogen) atoms. The Kier molecular flexibility index (Phi) is 1.79. The normalized spacial score (nSPS) is 15.7. The van der Waals surface area contributed by atoms with Crippen molar-refractivity contribution in [3.8, 4) is 0 Å². The van der Waals surface area contributed by atoms with E-state index < -0.39 is 5.97 Å². The third kappa shape index (κ3) is 1.51. The van der Waals surface area contributed by atoms with Gasteiger partial charge in [0.1, 0.15) is 9.71 Å². The minimum Gasteiger partial charge on any atom is -0.477 e. The van der Waals surface area contributed by atoms with Gasteiger partial charge in [-0.2, -0.15) is 0 Å². The third-order valence-electron chi connectivity index (χ3n) is 2.61. The topological polar surface area (TPSA) is 50.2 Å². The summed E-state index contributed by atoms with van der Waals surface area (Å²) in [5.41, 5.74) is 1.11. The molecule has 1 aliphatic carbocycles. The summed E-state index contributed by atoms with van der Waals surface area (Å²) in [5, 5.41) is 9.79. The number of hydrogen-bond acceptors (Lipinski definition) is 3. The van der Waals surface area contributed by atoms with Crippen molar-refractivity contribution < 1.29 is 9.90 Å². The molecular weight excluding hydrogens is 210 g/mol. The molecule has 0 aromatic carbocycles. The van der Waals surface area contributed by atoms with Crippen LogP contribution in [-0.2, 0) is 0 Å². The monoisotopic (exact) mass is 219 g/mol. The first-order valence-electron chi connectivity index (χ1n) is 4.88. The van der Waals surface area contributed by atoms with Gasteiger partial charge in [0.25, 0.3) is 0 Å². The molecule has 76 valence electrons. The van der Waals surface area contributed by atoms with Crippen LogP contribution >= 0.6 is 11.3 Å². The first-order valence-corrected chi connectivity index (χ1v) is 5.69. The first-order chi connectivity index (χ1) is 7.24. The lowest BCUT2D eigenvalue weighted by Gasteiger charge is -1.95. The number of carboxylic acid groups (broad SMARTS) is 1. The largest absolute Gasteiger partial charge is 0.477 e. The van der Waals surface area contributed by atoms with Crippen LogP contribution in [0.5, 0.6) is 0 Å². The molecule has 1 N–H and O–H groups in total. The molecule has 0 unspecified atom stereocenters. The van der Waals surface area contributed by atoms with Gasteiger partial charge in [0.05, 0.1) is 0 Å². The lowest BCUT2D eigenvalue weighted by atomic mass is 10.2. The summed E-state index contributed by atoms with van der Waals surface area (Å²) < 4.78 is 0. The van der Waals surface area contributed by atoms with Crippen molar-refractivity contribution in [2.24, 2.45) is 0 Å². The van der Waals surface area contributed by atoms with Gasteiger partial charge < -0.3 is 5.11 Å². The van der Waals surface area contributed by atoms with Crippen LogP contribution in [0.1, 0.15) is 34.1 Å². The Morgan fingerprint density at radius 1 is 1.47 bits per heavy atom. The van der Waals surface area contributed by atoms with Crippen molar-refractivity contribution in [3.05, 3.63) is 28.8 Å². The standard InChI is InChI=1S/C11H9NO2S/c13-11(14)9-5-7-3-4-8(6-1-2-6)12-10(7)15-9/h3-6H,1-2H2,(H,13,14). The van der Waals surface area contributed by atoms with Crippen LogP contribution in [0.25, 0.3) is 10.2 Å². The average Bonchev–Trinajstić information content (AvgIpc) is 2.96. The smallest absolute Gasteiger partial charge is 0.345 e. The molecule has 1 aliphatic rings. The predicted molar refractivity (Wildman–Crippen MR) is 58.6 cm³/mol. The van der Waals surface area contributed by atoms with Crippen LogP contribution in [0.3, 0.4) is 0 Å². The Labute approximate surface area is 90.4 Å². The van der Waals surface area contributed by atoms with Crippen LogP contribution in [0.2, 0.25) is 0 Å². The fourth-order valence-electron chi connectivity index (χ4n) is 1.64. The van der Waals surface area contributed by atoms with Gasteiger partial charge >= 0.3 is 5.97 Å². The zero-order valence-corrected chi connectivity index (χ0v) is 8.75. The van der Waals surface area contributed by atoms with E-state index in [1.807, 2.05) is 12.1 Å². The van der Waals surface area contributed by atoms with E-state index in [9.17, 15) is 4.79 Å². The summed E-state index contributed by atoms with van der Waals surface area (Å²) in [6, 6.07) is 5.67. The summed E-state index contributed by atoms with van der Waals surface area (Å²) in [6.07, 6.45) is 2.44. The number of hydrogen-bond donors (Lipinski definition) is 1. The highest BCUT2D eigenvalue weighted by molar-refractivity contribution is 7.20. The minimum atomic E-state index is -0.869. The first kappa shape index (κ1) is 8.85. The highest BCUT2D eigenvalue weighted by Crippen LogP contribution is 2.40. The van der Waals surface area contributed by atoms with Gasteiger partial charge in [-0.3, -0.25) is 0 Å². The van der Waals surface area contributed by atoms with E-state index in [0.29, 0.717) is 10.8 Å². The third-order valence-corrected chi connectivity index (χ3v) is 3.64. The van der Waals surface area contributed by atoms with E-state index in [1.165, 1.54) is 24.2 Å². The van der Waals surface area contributed by atoms with Crippen molar-refractivity contribution in [3.63, 3.8) is 0 Å². The predicted octanol–water partition coefficient (Wildman–Crippen LogP) is 2.87. The molecule has 0 aliphatic heterocycles. The van der Waals surface area contributed by atoms with Gasteiger partial charge in [-0.15, -0.1) is 11.3 Å². The molecule has 0 bridgehead atoms. The Hall–Kier alpha value is -1.42. The Balaban J connectivity index is 2.13. The maximum Gasteiger partial charge on any atom is 0.345 e. The molecule has 1 saturated carbocycles. The van der Waals surface area contributed by atoms with Crippen LogP contribution in [-0.4, -0.2) is 16.1 Å². The average molecular weight is 219 g/mol. The molecule has 0 spiro atoms. The van der Waals surface area contributed by atoms with E-state index in [2.05, 4.69) is 4.98 Å². The van der Waals surface area contributed by atoms with Crippen molar-refractivity contribution >= 4 is 27.5 Å². The zero-order chi connectivity index (χ0) is 10.4. The summed E-state index contributed by atoms with van der Waals surface area (Å²) in [4.78, 5) is 16.5. The number of carbonyl (C=O) groups is 1. The van der Waals surface area contributed by atoms with Crippen LogP contribution in [0, 0.1) is 0 Å². The fraction of sp³-hybridized carbons (Fsp3) is 0.273. The second-order valence-electron chi connectivity index (χ2n) is 3.82. The van der Waals surface area contributed by atoms with Gasteiger partial charge in [-0.25, -0.2) is 9.78 Å². The number of nitrogens with zero attached hydrogens (tertiary/aromatic N) is 1. The van der Waals surface area contributed by atoms with E-state index in [-0.39, 0.29) is 0 Å². The Morgan fingerprint density at radius 3 is 2.93 bits per heavy atom. The molecule has 4 heteroatoms. The van der Waals surface area contributed by atoms with Gasteiger partial charge in [0.15, 0.2) is 0 Å². The number of pyridine rings is 1. The van der Waals surface area contributed by atoms with E-state index in [0.717, 1.165) is 15.9 Å². The molecule has 0 atom stereocenters. The van der Waals surface area contributed by atoms with Gasteiger partial charge in [0.2, 0.25) is 0 Å². The maximum atomic E-state index is 10.8. The summed E-state index contributed by atoms with van der Waals surface area (Å²) in [6.45, 7) is 0. The van der Waals surface area contributed by atoms with Gasteiger partial charge in [0, 0.05) is 17.0 Å². The summed E-state index contributed by atoms with van der Waals surface area (Å²) in [7, 11) is 0. The van der Waals surface area contributed by atoms with Crippen molar-refractivity contribution in [2.45, 2.75) is 18.8 Å². The highest BCUT2D eigenvalue weighted by Gasteiger charge is 2.25.